The normalized spacial score (nSPS) is 15.5. The lowest BCUT2D eigenvalue weighted by Gasteiger charge is -2.36. The fourth-order valence-electron chi connectivity index (χ4n) is 5.68. The van der Waals surface area contributed by atoms with Crippen LogP contribution in [0.3, 0.4) is 0 Å². The summed E-state index contributed by atoms with van der Waals surface area (Å²) < 4.78 is 7.67. The van der Waals surface area contributed by atoms with Crippen LogP contribution < -0.4 is 10.6 Å². The lowest BCUT2D eigenvalue weighted by molar-refractivity contribution is -0.138. The van der Waals surface area contributed by atoms with E-state index < -0.39 is 29.2 Å². The molecule has 1 aliphatic rings. The summed E-state index contributed by atoms with van der Waals surface area (Å²) in [5.74, 6) is -0.585. The summed E-state index contributed by atoms with van der Waals surface area (Å²) in [4.78, 5) is 45.1. The van der Waals surface area contributed by atoms with Crippen molar-refractivity contribution in [1.29, 1.82) is 0 Å². The first-order valence-corrected chi connectivity index (χ1v) is 14.6. The third-order valence-corrected chi connectivity index (χ3v) is 7.88. The number of para-hydroxylation sites is 2. The quantitative estimate of drug-likeness (QED) is 0.279. The fraction of sp³-hybridized carbons (Fsp3) is 0.424. The molecule has 5 rings (SSSR count). The Labute approximate surface area is 246 Å². The van der Waals surface area contributed by atoms with Crippen molar-refractivity contribution < 1.29 is 19.1 Å². The van der Waals surface area contributed by atoms with E-state index in [2.05, 4.69) is 50.6 Å². The summed E-state index contributed by atoms with van der Waals surface area (Å²) in [7, 11) is 0. The summed E-state index contributed by atoms with van der Waals surface area (Å²) >= 11 is 0. The van der Waals surface area contributed by atoms with E-state index in [1.165, 1.54) is 10.9 Å². The van der Waals surface area contributed by atoms with Gasteiger partial charge in [-0.2, -0.15) is 0 Å². The largest absolute Gasteiger partial charge is 0.444 e. The van der Waals surface area contributed by atoms with Crippen molar-refractivity contribution in [3.05, 3.63) is 72.6 Å². The molecule has 222 valence electrons. The van der Waals surface area contributed by atoms with Crippen LogP contribution in [0.15, 0.2) is 67.0 Å². The Hall–Kier alpha value is -4.27. The molecule has 0 unspecified atom stereocenters. The van der Waals surface area contributed by atoms with Crippen molar-refractivity contribution in [2.75, 3.05) is 13.1 Å². The maximum absolute atomic E-state index is 14.0. The number of aromatic nitrogens is 2. The van der Waals surface area contributed by atoms with Gasteiger partial charge in [0, 0.05) is 54.4 Å². The lowest BCUT2D eigenvalue weighted by Crippen LogP contribution is -2.60. The second-order valence-electron chi connectivity index (χ2n) is 12.7. The standard InChI is InChI=1S/C33H41N5O4/c1-32(2,3)42-31(41)36-33(4,5)30(40)35-27(20-23-21-34-26-12-8-7-11-25(23)26)29(39)37-17-15-24(16-18-37)38-19-14-22-10-6-9-13-28(22)38/h6-14,19,21,24,27,34H,15-18,20H2,1-5H3,(H,35,40)(H,36,41)/t27-/m1/s1. The molecule has 1 aliphatic heterocycles. The molecule has 1 saturated heterocycles. The van der Waals surface area contributed by atoms with Crippen LogP contribution in [0.25, 0.3) is 21.8 Å². The van der Waals surface area contributed by atoms with E-state index in [0.29, 0.717) is 25.6 Å². The van der Waals surface area contributed by atoms with Crippen LogP contribution in [-0.4, -0.2) is 62.6 Å². The molecule has 42 heavy (non-hydrogen) atoms. The molecule has 4 aromatic rings. The smallest absolute Gasteiger partial charge is 0.408 e. The first-order chi connectivity index (χ1) is 19.9. The number of piperidine rings is 1. The Morgan fingerprint density at radius 3 is 2.40 bits per heavy atom. The summed E-state index contributed by atoms with van der Waals surface area (Å²) in [6.07, 6.45) is 5.30. The van der Waals surface area contributed by atoms with E-state index >= 15 is 0 Å². The molecule has 9 nitrogen and oxygen atoms in total. The summed E-state index contributed by atoms with van der Waals surface area (Å²) in [6.45, 7) is 9.68. The third kappa shape index (κ3) is 6.45. The zero-order valence-corrected chi connectivity index (χ0v) is 25.1. The first-order valence-electron chi connectivity index (χ1n) is 14.6. The van der Waals surface area contributed by atoms with Gasteiger partial charge in [-0.1, -0.05) is 36.4 Å². The second-order valence-corrected chi connectivity index (χ2v) is 12.7. The number of amides is 3. The van der Waals surface area contributed by atoms with Crippen molar-refractivity contribution in [2.45, 2.75) is 77.1 Å². The van der Waals surface area contributed by atoms with Gasteiger partial charge in [0.2, 0.25) is 11.8 Å². The molecular weight excluding hydrogens is 530 g/mol. The minimum Gasteiger partial charge on any atom is -0.444 e. The molecule has 0 radical (unpaired) electrons. The highest BCUT2D eigenvalue weighted by molar-refractivity contribution is 5.94. The zero-order valence-electron chi connectivity index (χ0n) is 25.1. The second kappa shape index (κ2) is 11.5. The number of hydrogen-bond acceptors (Lipinski definition) is 4. The number of nitrogens with zero attached hydrogens (tertiary/aromatic N) is 2. The van der Waals surface area contributed by atoms with E-state index in [9.17, 15) is 14.4 Å². The molecule has 0 bridgehead atoms. The number of hydrogen-bond donors (Lipinski definition) is 3. The van der Waals surface area contributed by atoms with Crippen LogP contribution in [-0.2, 0) is 20.7 Å². The van der Waals surface area contributed by atoms with Gasteiger partial charge in [-0.15, -0.1) is 0 Å². The molecule has 2 aromatic carbocycles. The van der Waals surface area contributed by atoms with Gasteiger partial charge in [0.15, 0.2) is 0 Å². The zero-order chi connectivity index (χ0) is 30.1. The summed E-state index contributed by atoms with van der Waals surface area (Å²) in [5, 5.41) is 7.84. The number of nitrogens with one attached hydrogen (secondary N) is 3. The van der Waals surface area contributed by atoms with Crippen molar-refractivity contribution in [3.63, 3.8) is 0 Å². The van der Waals surface area contributed by atoms with Gasteiger partial charge in [0.05, 0.1) is 0 Å². The monoisotopic (exact) mass is 571 g/mol. The van der Waals surface area contributed by atoms with Gasteiger partial charge < -0.3 is 29.8 Å². The Kier molecular flexibility index (Phi) is 8.03. The van der Waals surface area contributed by atoms with E-state index in [4.69, 9.17) is 4.74 Å². The molecule has 1 fully saturated rings. The third-order valence-electron chi connectivity index (χ3n) is 7.88. The van der Waals surface area contributed by atoms with Crippen LogP contribution in [0.2, 0.25) is 0 Å². The number of benzene rings is 2. The van der Waals surface area contributed by atoms with E-state index in [1.807, 2.05) is 41.4 Å². The molecule has 3 amide bonds. The van der Waals surface area contributed by atoms with Gasteiger partial charge in [0.1, 0.15) is 17.2 Å². The number of aromatic amines is 1. The van der Waals surface area contributed by atoms with Gasteiger partial charge in [-0.05, 0) is 76.6 Å². The Morgan fingerprint density at radius 2 is 1.67 bits per heavy atom. The first kappa shape index (κ1) is 29.2. The number of H-pyrrole nitrogens is 1. The van der Waals surface area contributed by atoms with Crippen LogP contribution in [0, 0.1) is 0 Å². The van der Waals surface area contributed by atoms with Crippen LogP contribution in [0.4, 0.5) is 4.79 Å². The Bertz CT molecular complexity index is 1590. The number of carbonyl (C=O) groups excluding carboxylic acids is 3. The Morgan fingerprint density at radius 1 is 0.976 bits per heavy atom. The number of likely N-dealkylation sites (tertiary alicyclic amines) is 1. The van der Waals surface area contributed by atoms with Crippen LogP contribution >= 0.6 is 0 Å². The lowest BCUT2D eigenvalue weighted by atomic mass is 9.98. The summed E-state index contributed by atoms with van der Waals surface area (Å²) in [5.41, 5.74) is 1.10. The van der Waals surface area contributed by atoms with Gasteiger partial charge >= 0.3 is 6.09 Å². The van der Waals surface area contributed by atoms with Crippen molar-refractivity contribution in [2.24, 2.45) is 0 Å². The fourth-order valence-corrected chi connectivity index (χ4v) is 5.68. The van der Waals surface area contributed by atoms with Gasteiger partial charge in [-0.3, -0.25) is 9.59 Å². The van der Waals surface area contributed by atoms with Crippen molar-refractivity contribution in [1.82, 2.24) is 25.1 Å². The Balaban J connectivity index is 1.32. The highest BCUT2D eigenvalue weighted by atomic mass is 16.6. The molecule has 0 spiro atoms. The van der Waals surface area contributed by atoms with Crippen LogP contribution in [0.1, 0.15) is 59.1 Å². The molecule has 2 aromatic heterocycles. The molecule has 3 N–H and O–H groups in total. The maximum atomic E-state index is 14.0. The molecule has 0 saturated carbocycles. The number of alkyl carbamates (subject to hydrolysis) is 1. The topological polar surface area (TPSA) is 108 Å². The van der Waals surface area contributed by atoms with Crippen molar-refractivity contribution >= 4 is 39.7 Å². The average molecular weight is 572 g/mol. The summed E-state index contributed by atoms with van der Waals surface area (Å²) in [6, 6.07) is 17.9. The molecule has 1 atom stereocenters. The molecular formula is C33H41N5O4. The molecule has 9 heteroatoms. The van der Waals surface area contributed by atoms with Crippen LogP contribution in [0.5, 0.6) is 0 Å². The van der Waals surface area contributed by atoms with E-state index in [1.54, 1.807) is 34.6 Å². The van der Waals surface area contributed by atoms with E-state index in [0.717, 1.165) is 29.3 Å². The van der Waals surface area contributed by atoms with E-state index in [-0.39, 0.29) is 5.91 Å². The minimum absolute atomic E-state index is 0.127. The predicted molar refractivity (Wildman–Crippen MR) is 164 cm³/mol. The number of fused-ring (bicyclic) bond motifs is 2. The SMILES string of the molecule is CC(C)(C)OC(=O)NC(C)(C)C(=O)N[C@H](Cc1c[nH]c2ccccc12)C(=O)N1CCC(n2ccc3ccccc32)CC1. The number of ether oxygens (including phenoxy) is 1. The van der Waals surface area contributed by atoms with Gasteiger partial charge in [0.25, 0.3) is 0 Å². The minimum atomic E-state index is -1.30. The maximum Gasteiger partial charge on any atom is 0.408 e. The number of rotatable bonds is 7. The average Bonchev–Trinajstić information content (AvgIpc) is 3.55. The predicted octanol–water partition coefficient (Wildman–Crippen LogP) is 5.32. The number of carbonyl (C=O) groups is 3. The highest BCUT2D eigenvalue weighted by Crippen LogP contribution is 2.28. The van der Waals surface area contributed by atoms with Crippen molar-refractivity contribution in [3.8, 4) is 0 Å². The molecule has 0 aliphatic carbocycles. The highest BCUT2D eigenvalue weighted by Gasteiger charge is 2.36. The molecule has 3 heterocycles. The van der Waals surface area contributed by atoms with Gasteiger partial charge in [-0.25, -0.2) is 4.79 Å².